The maximum absolute atomic E-state index is 13.4. The van der Waals surface area contributed by atoms with E-state index in [0.717, 1.165) is 10.6 Å². The molecule has 3 heterocycles. The molecule has 3 aromatic carbocycles. The maximum Gasteiger partial charge on any atom is 0.342 e. The molecule has 6 rings (SSSR count). The molecule has 4 aromatic rings. The quantitative estimate of drug-likeness (QED) is 0.274. The van der Waals surface area contributed by atoms with Crippen LogP contribution >= 0.6 is 0 Å². The third kappa shape index (κ3) is 2.64. The number of carboxylic acid groups (broad SMARTS) is 1. The minimum atomic E-state index is -1.71. The van der Waals surface area contributed by atoms with Crippen LogP contribution in [0.1, 0.15) is 37.4 Å². The molecule has 1 spiro atoms. The molecule has 5 N–H and O–H groups in total. The van der Waals surface area contributed by atoms with E-state index in [9.17, 15) is 35.1 Å². The smallest absolute Gasteiger partial charge is 0.342 e. The number of hydrogen-bond donors (Lipinski definition) is 5. The lowest BCUT2D eigenvalue weighted by Crippen LogP contribution is -2.33. The Morgan fingerprint density at radius 3 is 1.89 bits per heavy atom. The summed E-state index contributed by atoms with van der Waals surface area (Å²) in [5.74, 6) is -3.04. The average molecular weight is 473 g/mol. The minimum Gasteiger partial charge on any atom is -0.508 e. The summed E-state index contributed by atoms with van der Waals surface area (Å²) in [6, 6.07) is 13.1. The molecule has 0 saturated heterocycles. The highest BCUT2D eigenvalue weighted by molar-refractivity contribution is 6.03. The van der Waals surface area contributed by atoms with Crippen molar-refractivity contribution in [3.63, 3.8) is 0 Å². The summed E-state index contributed by atoms with van der Waals surface area (Å²) in [5.41, 5.74) is -1.42. The number of esters is 1. The van der Waals surface area contributed by atoms with Crippen LogP contribution in [0.2, 0.25) is 0 Å². The second kappa shape index (κ2) is 6.70. The third-order valence-corrected chi connectivity index (χ3v) is 6.18. The normalized spacial score (nSPS) is 14.6. The Hall–Kier alpha value is -5.12. The third-order valence-electron chi connectivity index (χ3n) is 6.18. The first-order chi connectivity index (χ1) is 16.7. The number of aromatic carboxylic acids is 1. The van der Waals surface area contributed by atoms with Crippen LogP contribution in [0.25, 0.3) is 5.69 Å². The standard InChI is InChI=1S/C25H15NO9/c27-12-1-3-14-18(9-12)34-19-10-13(28)2-4-15(19)25(14)16-7-11(23(31)32)8-17(22(16)24(33)35-25)26-20(29)5-6-21(26)30/h1-10,27-30H,(H,31,32). The van der Waals surface area contributed by atoms with Gasteiger partial charge in [0.05, 0.1) is 16.8 Å². The summed E-state index contributed by atoms with van der Waals surface area (Å²) in [7, 11) is 0. The molecule has 2 aliphatic rings. The van der Waals surface area contributed by atoms with Gasteiger partial charge in [0.2, 0.25) is 0 Å². The summed E-state index contributed by atoms with van der Waals surface area (Å²) in [5, 5.41) is 50.6. The number of phenolic OH excluding ortho intramolecular Hbond substituents is 2. The number of aromatic hydroxyl groups is 4. The van der Waals surface area contributed by atoms with E-state index < -0.39 is 29.3 Å². The number of hydrogen-bond acceptors (Lipinski definition) is 8. The van der Waals surface area contributed by atoms with E-state index >= 15 is 0 Å². The Balaban J connectivity index is 1.77. The first-order valence-corrected chi connectivity index (χ1v) is 10.3. The molecule has 10 nitrogen and oxygen atoms in total. The van der Waals surface area contributed by atoms with Crippen molar-refractivity contribution in [2.24, 2.45) is 0 Å². The molecule has 35 heavy (non-hydrogen) atoms. The topological polar surface area (TPSA) is 159 Å². The van der Waals surface area contributed by atoms with Gasteiger partial charge in [0.25, 0.3) is 0 Å². The SMILES string of the molecule is O=C(O)c1cc(-n2c(O)ccc2O)c2c(c1)C1(OC2=O)c2ccc(O)cc2Oc2cc(O)ccc21. The van der Waals surface area contributed by atoms with E-state index in [1.807, 2.05) is 0 Å². The van der Waals surface area contributed by atoms with Gasteiger partial charge in [-0.2, -0.15) is 0 Å². The lowest BCUT2D eigenvalue weighted by Gasteiger charge is -2.36. The van der Waals surface area contributed by atoms with Gasteiger partial charge in [-0.3, -0.25) is 4.57 Å². The van der Waals surface area contributed by atoms with Crippen molar-refractivity contribution in [2.45, 2.75) is 5.60 Å². The van der Waals surface area contributed by atoms with Gasteiger partial charge in [-0.25, -0.2) is 9.59 Å². The van der Waals surface area contributed by atoms with E-state index in [0.29, 0.717) is 11.1 Å². The van der Waals surface area contributed by atoms with Gasteiger partial charge in [0.15, 0.2) is 17.4 Å². The number of ether oxygens (including phenoxy) is 2. The number of fused-ring (bicyclic) bond motifs is 6. The Kier molecular flexibility index (Phi) is 3.92. The minimum absolute atomic E-state index is 0.0863. The Morgan fingerprint density at radius 2 is 1.34 bits per heavy atom. The van der Waals surface area contributed by atoms with Crippen molar-refractivity contribution >= 4 is 11.9 Å². The van der Waals surface area contributed by atoms with Crippen LogP contribution in [0.4, 0.5) is 0 Å². The van der Waals surface area contributed by atoms with Gasteiger partial charge in [-0.05, 0) is 36.4 Å². The van der Waals surface area contributed by atoms with Crippen LogP contribution in [0.3, 0.4) is 0 Å². The second-order valence-corrected chi connectivity index (χ2v) is 8.14. The average Bonchev–Trinajstić information content (AvgIpc) is 3.29. The van der Waals surface area contributed by atoms with E-state index in [1.54, 1.807) is 0 Å². The summed E-state index contributed by atoms with van der Waals surface area (Å²) in [4.78, 5) is 25.5. The fourth-order valence-corrected chi connectivity index (χ4v) is 4.76. The number of nitrogens with zero attached hydrogens (tertiary/aromatic N) is 1. The van der Waals surface area contributed by atoms with Crippen LogP contribution in [-0.2, 0) is 10.3 Å². The Morgan fingerprint density at radius 1 is 0.771 bits per heavy atom. The van der Waals surface area contributed by atoms with Crippen LogP contribution in [0.15, 0.2) is 60.7 Å². The summed E-state index contributed by atoms with van der Waals surface area (Å²) >= 11 is 0. The van der Waals surface area contributed by atoms with Crippen LogP contribution in [0, 0.1) is 0 Å². The molecule has 0 bridgehead atoms. The largest absolute Gasteiger partial charge is 0.508 e. The van der Waals surface area contributed by atoms with Gasteiger partial charge in [0.1, 0.15) is 23.0 Å². The van der Waals surface area contributed by atoms with E-state index in [4.69, 9.17) is 9.47 Å². The molecule has 0 fully saturated rings. The molecule has 10 heteroatoms. The number of aromatic nitrogens is 1. The zero-order valence-corrected chi connectivity index (χ0v) is 17.6. The second-order valence-electron chi connectivity index (χ2n) is 8.14. The summed E-state index contributed by atoms with van der Waals surface area (Å²) < 4.78 is 12.8. The number of benzene rings is 3. The van der Waals surface area contributed by atoms with E-state index in [1.165, 1.54) is 54.6 Å². The molecular weight excluding hydrogens is 458 g/mol. The van der Waals surface area contributed by atoms with Gasteiger partial charge in [0, 0.05) is 41.0 Å². The van der Waals surface area contributed by atoms with Crippen molar-refractivity contribution < 1.29 is 44.6 Å². The van der Waals surface area contributed by atoms with Crippen LogP contribution < -0.4 is 4.74 Å². The van der Waals surface area contributed by atoms with Crippen molar-refractivity contribution in [1.29, 1.82) is 0 Å². The maximum atomic E-state index is 13.4. The van der Waals surface area contributed by atoms with E-state index in [2.05, 4.69) is 0 Å². The lowest BCUT2D eigenvalue weighted by atomic mass is 9.77. The fourth-order valence-electron chi connectivity index (χ4n) is 4.76. The number of carbonyl (C=O) groups excluding carboxylic acids is 1. The van der Waals surface area contributed by atoms with E-state index in [-0.39, 0.29) is 45.4 Å². The molecule has 0 atom stereocenters. The summed E-state index contributed by atoms with van der Waals surface area (Å²) in [6.45, 7) is 0. The molecule has 0 aliphatic carbocycles. The van der Waals surface area contributed by atoms with Gasteiger partial charge in [-0.15, -0.1) is 0 Å². The lowest BCUT2D eigenvalue weighted by molar-refractivity contribution is 0.0224. The highest BCUT2D eigenvalue weighted by Crippen LogP contribution is 2.58. The zero-order valence-electron chi connectivity index (χ0n) is 17.6. The predicted octanol–water partition coefficient (Wildman–Crippen LogP) is 3.57. The highest BCUT2D eigenvalue weighted by atomic mass is 16.6. The van der Waals surface area contributed by atoms with Crippen molar-refractivity contribution in [1.82, 2.24) is 4.57 Å². The first-order valence-electron chi connectivity index (χ1n) is 10.3. The molecule has 174 valence electrons. The Bertz CT molecular complexity index is 1530. The summed E-state index contributed by atoms with van der Waals surface area (Å²) in [6.07, 6.45) is 0. The molecule has 0 radical (unpaired) electrons. The number of carbonyl (C=O) groups is 2. The molecule has 2 aliphatic heterocycles. The molecule has 0 saturated carbocycles. The van der Waals surface area contributed by atoms with Crippen LogP contribution in [-0.4, -0.2) is 42.0 Å². The fraction of sp³-hybridized carbons (Fsp3) is 0.0400. The molecule has 1 aromatic heterocycles. The Labute approximate surface area is 196 Å². The zero-order chi connectivity index (χ0) is 24.6. The van der Waals surface area contributed by atoms with Crippen molar-refractivity contribution in [3.05, 3.63) is 88.5 Å². The first kappa shape index (κ1) is 20.5. The molecular formula is C25H15NO9. The molecule has 0 unspecified atom stereocenters. The number of carboxylic acids is 1. The van der Waals surface area contributed by atoms with Gasteiger partial charge >= 0.3 is 11.9 Å². The van der Waals surface area contributed by atoms with Crippen molar-refractivity contribution in [2.75, 3.05) is 0 Å². The van der Waals surface area contributed by atoms with Crippen LogP contribution in [0.5, 0.6) is 34.8 Å². The van der Waals surface area contributed by atoms with Crippen molar-refractivity contribution in [3.8, 4) is 40.4 Å². The number of phenols is 2. The number of rotatable bonds is 2. The monoisotopic (exact) mass is 473 g/mol. The predicted molar refractivity (Wildman–Crippen MR) is 118 cm³/mol. The highest BCUT2D eigenvalue weighted by Gasteiger charge is 2.55. The van der Waals surface area contributed by atoms with Gasteiger partial charge < -0.3 is 35.0 Å². The molecule has 0 amide bonds. The van der Waals surface area contributed by atoms with Gasteiger partial charge in [-0.1, -0.05) is 0 Å².